The summed E-state index contributed by atoms with van der Waals surface area (Å²) in [5, 5.41) is 18.8. The normalized spacial score (nSPS) is 11.0. The number of hydrogen-bond donors (Lipinski definition) is 2. The highest BCUT2D eigenvalue weighted by molar-refractivity contribution is 5.94. The molecule has 0 unspecified atom stereocenters. The number of ether oxygens (including phenoxy) is 2. The molecule has 2 aromatic heterocycles. The molecule has 0 radical (unpaired) electrons. The highest BCUT2D eigenvalue weighted by atomic mass is 16.6. The van der Waals surface area contributed by atoms with Gasteiger partial charge in [0.1, 0.15) is 6.61 Å². The van der Waals surface area contributed by atoms with E-state index in [1.807, 2.05) is 30.3 Å². The molecule has 0 saturated carbocycles. The predicted octanol–water partition coefficient (Wildman–Crippen LogP) is 1.89. The van der Waals surface area contributed by atoms with E-state index in [9.17, 15) is 4.79 Å². The summed E-state index contributed by atoms with van der Waals surface area (Å²) in [6.45, 7) is 2.04. The van der Waals surface area contributed by atoms with Crippen LogP contribution in [-0.2, 0) is 6.61 Å². The van der Waals surface area contributed by atoms with Gasteiger partial charge in [-0.1, -0.05) is 35.5 Å². The minimum absolute atomic E-state index is 0.0260. The monoisotopic (exact) mass is 448 g/mol. The number of aromatic nitrogens is 5. The first-order valence-electron chi connectivity index (χ1n) is 9.75. The summed E-state index contributed by atoms with van der Waals surface area (Å²) in [4.78, 5) is 12.4. The number of hydrazone groups is 1. The molecule has 1 amide bonds. The summed E-state index contributed by atoms with van der Waals surface area (Å²) in [6, 6.07) is 15.1. The average Bonchev–Trinajstić information content (AvgIpc) is 3.43. The zero-order valence-electron chi connectivity index (χ0n) is 17.8. The van der Waals surface area contributed by atoms with Crippen LogP contribution in [0.4, 0.5) is 5.82 Å². The first kappa shape index (κ1) is 21.5. The SMILES string of the molecule is COc1cc(/C=N\NC(=O)c2nnn(-c3nonc3N)c2C)ccc1OCc1ccccc1. The van der Waals surface area contributed by atoms with E-state index in [1.54, 1.807) is 32.2 Å². The number of nitrogens with zero attached hydrogens (tertiary/aromatic N) is 6. The molecular weight excluding hydrogens is 428 g/mol. The molecule has 0 spiro atoms. The second-order valence-electron chi connectivity index (χ2n) is 6.79. The van der Waals surface area contributed by atoms with Gasteiger partial charge in [0, 0.05) is 0 Å². The molecule has 3 N–H and O–H groups in total. The van der Waals surface area contributed by atoms with Gasteiger partial charge in [-0.15, -0.1) is 5.10 Å². The molecule has 0 atom stereocenters. The Morgan fingerprint density at radius 1 is 1.21 bits per heavy atom. The molecule has 0 aliphatic carbocycles. The Hall–Kier alpha value is -4.74. The van der Waals surface area contributed by atoms with Crippen molar-refractivity contribution in [2.45, 2.75) is 13.5 Å². The standard InChI is InChI=1S/C21H20N8O4/c1-13-18(24-28-29(13)20-19(22)26-33-27-20)21(30)25-23-11-15-8-9-16(17(10-15)31-2)32-12-14-6-4-3-5-7-14/h3-11H,12H2,1-2H3,(H2,22,26)(H,25,30)/b23-11-. The Morgan fingerprint density at radius 2 is 2.03 bits per heavy atom. The molecule has 0 aliphatic heterocycles. The van der Waals surface area contributed by atoms with Crippen molar-refractivity contribution in [3.05, 3.63) is 71.0 Å². The Balaban J connectivity index is 1.40. The van der Waals surface area contributed by atoms with Gasteiger partial charge < -0.3 is 15.2 Å². The number of methoxy groups -OCH3 is 1. The van der Waals surface area contributed by atoms with Crippen molar-refractivity contribution in [3.8, 4) is 17.3 Å². The van der Waals surface area contributed by atoms with Crippen molar-refractivity contribution in [2.24, 2.45) is 5.10 Å². The molecule has 2 heterocycles. The van der Waals surface area contributed by atoms with Gasteiger partial charge in [0.05, 0.1) is 19.0 Å². The van der Waals surface area contributed by atoms with Gasteiger partial charge in [0.25, 0.3) is 5.91 Å². The molecule has 0 saturated heterocycles. The lowest BCUT2D eigenvalue weighted by atomic mass is 10.2. The number of anilines is 1. The van der Waals surface area contributed by atoms with Gasteiger partial charge in [-0.3, -0.25) is 4.79 Å². The molecule has 0 fully saturated rings. The summed E-state index contributed by atoms with van der Waals surface area (Å²) >= 11 is 0. The Morgan fingerprint density at radius 3 is 2.76 bits per heavy atom. The second kappa shape index (κ2) is 9.60. The Kier molecular flexibility index (Phi) is 6.25. The zero-order valence-corrected chi connectivity index (χ0v) is 17.8. The number of carbonyl (C=O) groups is 1. The second-order valence-corrected chi connectivity index (χ2v) is 6.79. The Labute approximate surface area is 188 Å². The van der Waals surface area contributed by atoms with Crippen molar-refractivity contribution < 1.29 is 18.9 Å². The molecular formula is C21H20N8O4. The number of carbonyl (C=O) groups excluding carboxylic acids is 1. The molecule has 0 bridgehead atoms. The molecule has 168 valence electrons. The number of benzene rings is 2. The third-order valence-corrected chi connectivity index (χ3v) is 4.61. The van der Waals surface area contributed by atoms with Gasteiger partial charge in [-0.05, 0) is 46.6 Å². The summed E-state index contributed by atoms with van der Waals surface area (Å²) in [5.41, 5.74) is 10.3. The lowest BCUT2D eigenvalue weighted by molar-refractivity contribution is 0.0949. The molecule has 4 rings (SSSR count). The smallest absolute Gasteiger partial charge is 0.293 e. The number of hydrogen-bond acceptors (Lipinski definition) is 10. The van der Waals surface area contributed by atoms with E-state index in [0.717, 1.165) is 5.56 Å². The molecule has 33 heavy (non-hydrogen) atoms. The largest absolute Gasteiger partial charge is 0.493 e. The fourth-order valence-electron chi connectivity index (χ4n) is 2.92. The third-order valence-electron chi connectivity index (χ3n) is 4.61. The van der Waals surface area contributed by atoms with Gasteiger partial charge in [-0.25, -0.2) is 10.1 Å². The van der Waals surface area contributed by atoms with Crippen molar-refractivity contribution in [1.29, 1.82) is 0 Å². The Bertz CT molecular complexity index is 1280. The molecule has 2 aromatic carbocycles. The van der Waals surface area contributed by atoms with E-state index >= 15 is 0 Å². The maximum atomic E-state index is 12.4. The van der Waals surface area contributed by atoms with E-state index in [-0.39, 0.29) is 17.3 Å². The minimum Gasteiger partial charge on any atom is -0.493 e. The van der Waals surface area contributed by atoms with Crippen LogP contribution in [0.2, 0.25) is 0 Å². The molecule has 4 aromatic rings. The number of amides is 1. The summed E-state index contributed by atoms with van der Waals surface area (Å²) in [7, 11) is 1.55. The van der Waals surface area contributed by atoms with Crippen LogP contribution < -0.4 is 20.6 Å². The van der Waals surface area contributed by atoms with Crippen molar-refractivity contribution in [1.82, 2.24) is 30.7 Å². The molecule has 12 nitrogen and oxygen atoms in total. The van der Waals surface area contributed by atoms with Crippen LogP contribution in [0, 0.1) is 6.92 Å². The van der Waals surface area contributed by atoms with Crippen LogP contribution in [0.25, 0.3) is 5.82 Å². The lowest BCUT2D eigenvalue weighted by Crippen LogP contribution is -2.19. The minimum atomic E-state index is -0.556. The molecule has 0 aliphatic rings. The maximum Gasteiger partial charge on any atom is 0.293 e. The van der Waals surface area contributed by atoms with Crippen LogP contribution in [0.15, 0.2) is 58.3 Å². The predicted molar refractivity (Wildman–Crippen MR) is 117 cm³/mol. The van der Waals surface area contributed by atoms with Crippen LogP contribution in [-0.4, -0.2) is 44.5 Å². The van der Waals surface area contributed by atoms with E-state index in [1.165, 1.54) is 10.9 Å². The summed E-state index contributed by atoms with van der Waals surface area (Å²) in [5.74, 6) is 0.748. The summed E-state index contributed by atoms with van der Waals surface area (Å²) < 4.78 is 17.1. The number of rotatable bonds is 8. The van der Waals surface area contributed by atoms with Crippen LogP contribution in [0.5, 0.6) is 11.5 Å². The van der Waals surface area contributed by atoms with Gasteiger partial charge in [0.2, 0.25) is 11.6 Å². The fraction of sp³-hybridized carbons (Fsp3) is 0.143. The first-order chi connectivity index (χ1) is 16.1. The van der Waals surface area contributed by atoms with Crippen LogP contribution in [0.3, 0.4) is 0 Å². The van der Waals surface area contributed by atoms with Crippen LogP contribution >= 0.6 is 0 Å². The summed E-state index contributed by atoms with van der Waals surface area (Å²) in [6.07, 6.45) is 1.47. The highest BCUT2D eigenvalue weighted by Gasteiger charge is 2.20. The molecule has 12 heteroatoms. The van der Waals surface area contributed by atoms with E-state index in [2.05, 4.69) is 35.8 Å². The third kappa shape index (κ3) is 4.79. The number of nitrogens with one attached hydrogen (secondary N) is 1. The van der Waals surface area contributed by atoms with Gasteiger partial charge >= 0.3 is 0 Å². The van der Waals surface area contributed by atoms with Crippen molar-refractivity contribution >= 4 is 17.9 Å². The maximum absolute atomic E-state index is 12.4. The van der Waals surface area contributed by atoms with Gasteiger partial charge in [0.15, 0.2) is 17.2 Å². The van der Waals surface area contributed by atoms with E-state index < -0.39 is 5.91 Å². The highest BCUT2D eigenvalue weighted by Crippen LogP contribution is 2.28. The zero-order chi connectivity index (χ0) is 23.2. The number of nitrogen functional groups attached to an aromatic ring is 1. The first-order valence-corrected chi connectivity index (χ1v) is 9.75. The fourth-order valence-corrected chi connectivity index (χ4v) is 2.92. The van der Waals surface area contributed by atoms with Crippen molar-refractivity contribution in [3.63, 3.8) is 0 Å². The topological polar surface area (TPSA) is 156 Å². The number of nitrogens with two attached hydrogens (primary N) is 1. The van der Waals surface area contributed by atoms with E-state index in [0.29, 0.717) is 29.4 Å². The van der Waals surface area contributed by atoms with Gasteiger partial charge in [-0.2, -0.15) is 9.78 Å². The quantitative estimate of drug-likeness (QED) is 0.303. The van der Waals surface area contributed by atoms with Crippen molar-refractivity contribution in [2.75, 3.05) is 12.8 Å². The van der Waals surface area contributed by atoms with Crippen LogP contribution in [0.1, 0.15) is 27.3 Å². The van der Waals surface area contributed by atoms with E-state index in [4.69, 9.17) is 15.2 Å². The average molecular weight is 448 g/mol. The lowest BCUT2D eigenvalue weighted by Gasteiger charge is -2.11.